The molecule has 0 spiro atoms. The minimum Gasteiger partial charge on any atom is -0.454 e. The van der Waals surface area contributed by atoms with Crippen molar-refractivity contribution in [3.63, 3.8) is 0 Å². The predicted molar refractivity (Wildman–Crippen MR) is 239 cm³/mol. The molecule has 3 nitrogen and oxygen atoms in total. The second-order valence-electron chi connectivity index (χ2n) is 14.5. The zero-order valence-electron chi connectivity index (χ0n) is 31.1. The summed E-state index contributed by atoms with van der Waals surface area (Å²) in [5, 5.41) is 4.60. The summed E-state index contributed by atoms with van der Waals surface area (Å²) in [6.45, 7) is 0. The molecule has 0 atom stereocenters. The first-order valence-electron chi connectivity index (χ1n) is 19.4. The van der Waals surface area contributed by atoms with E-state index < -0.39 is 0 Å². The van der Waals surface area contributed by atoms with Crippen molar-refractivity contribution < 1.29 is 4.42 Å². The number of fused-ring (bicyclic) bond motifs is 6. The van der Waals surface area contributed by atoms with Gasteiger partial charge in [0.05, 0.1) is 22.4 Å². The third kappa shape index (κ3) is 5.51. The van der Waals surface area contributed by atoms with E-state index in [1.165, 1.54) is 33.0 Å². The molecule has 0 aliphatic heterocycles. The molecule has 0 N–H and O–H groups in total. The average molecular weight is 729 g/mol. The molecule has 9 aromatic carbocycles. The molecule has 0 aliphatic rings. The summed E-state index contributed by atoms with van der Waals surface area (Å²) >= 11 is 0. The smallest absolute Gasteiger partial charge is 0.159 e. The van der Waals surface area contributed by atoms with Gasteiger partial charge in [0, 0.05) is 38.5 Å². The Morgan fingerprint density at radius 2 is 0.930 bits per heavy atom. The van der Waals surface area contributed by atoms with Crippen LogP contribution in [0.15, 0.2) is 223 Å². The number of furan rings is 1. The third-order valence-corrected chi connectivity index (χ3v) is 11.2. The number of benzene rings is 9. The van der Waals surface area contributed by atoms with Crippen molar-refractivity contribution in [2.45, 2.75) is 0 Å². The van der Waals surface area contributed by atoms with Crippen LogP contribution in [0.3, 0.4) is 0 Å². The monoisotopic (exact) mass is 728 g/mol. The van der Waals surface area contributed by atoms with Crippen LogP contribution in [0.5, 0.6) is 0 Å². The quantitative estimate of drug-likeness (QED) is 0.163. The first-order valence-corrected chi connectivity index (χ1v) is 19.4. The fourth-order valence-corrected chi connectivity index (χ4v) is 8.62. The van der Waals surface area contributed by atoms with E-state index in [4.69, 9.17) is 4.42 Å². The van der Waals surface area contributed by atoms with E-state index in [0.29, 0.717) is 0 Å². The van der Waals surface area contributed by atoms with E-state index in [2.05, 4.69) is 222 Å². The van der Waals surface area contributed by atoms with Crippen LogP contribution < -0.4 is 4.90 Å². The number of hydrogen-bond acceptors (Lipinski definition) is 2. The Balaban J connectivity index is 1.19. The zero-order valence-corrected chi connectivity index (χ0v) is 31.1. The molecule has 268 valence electrons. The molecule has 0 aliphatic carbocycles. The molecule has 3 heteroatoms. The van der Waals surface area contributed by atoms with Gasteiger partial charge in [0.25, 0.3) is 0 Å². The normalized spacial score (nSPS) is 11.5. The van der Waals surface area contributed by atoms with Gasteiger partial charge in [0.1, 0.15) is 5.58 Å². The lowest BCUT2D eigenvalue weighted by atomic mass is 9.94. The largest absolute Gasteiger partial charge is 0.454 e. The number of aromatic nitrogens is 1. The van der Waals surface area contributed by atoms with Crippen molar-refractivity contribution in [1.29, 1.82) is 0 Å². The Bertz CT molecular complexity index is 3230. The van der Waals surface area contributed by atoms with Crippen LogP contribution in [0.2, 0.25) is 0 Å². The second kappa shape index (κ2) is 13.6. The van der Waals surface area contributed by atoms with Gasteiger partial charge < -0.3 is 13.9 Å². The first-order chi connectivity index (χ1) is 28.3. The highest BCUT2D eigenvalue weighted by atomic mass is 16.3. The summed E-state index contributed by atoms with van der Waals surface area (Å²) in [6, 6.07) is 78.1. The molecule has 11 rings (SSSR count). The van der Waals surface area contributed by atoms with Gasteiger partial charge in [-0.2, -0.15) is 0 Å². The molecule has 0 saturated heterocycles. The molecule has 0 radical (unpaired) electrons. The fraction of sp³-hybridized carbons (Fsp3) is 0. The number of nitrogens with zero attached hydrogens (tertiary/aromatic N) is 2. The second-order valence-corrected chi connectivity index (χ2v) is 14.5. The standard InChI is InChI=1S/C54H36N2O/c1-4-17-37(18-5-1)42-33-31-40(35-48(42)39-21-8-3-9-22-39)56-50-28-14-11-24-44(50)45-34-32-41(36-52(45)56)55(49-27-13-10-23-43(49)38-19-6-2-7-20-38)51-29-16-26-47-46-25-12-15-30-53(46)57-54(47)51/h1-36H. The van der Waals surface area contributed by atoms with Gasteiger partial charge in [-0.1, -0.05) is 170 Å². The molecular weight excluding hydrogens is 693 g/mol. The van der Waals surface area contributed by atoms with Crippen LogP contribution in [-0.2, 0) is 0 Å². The van der Waals surface area contributed by atoms with Crippen molar-refractivity contribution in [3.8, 4) is 39.1 Å². The average Bonchev–Trinajstić information content (AvgIpc) is 3.84. The number of rotatable bonds is 7. The minimum atomic E-state index is 0.853. The number of anilines is 3. The number of para-hydroxylation sites is 4. The maximum atomic E-state index is 6.74. The predicted octanol–water partition coefficient (Wildman–Crippen LogP) is 15.2. The molecule has 11 aromatic rings. The van der Waals surface area contributed by atoms with E-state index >= 15 is 0 Å². The van der Waals surface area contributed by atoms with Gasteiger partial charge in [-0.3, -0.25) is 0 Å². The van der Waals surface area contributed by atoms with Crippen LogP contribution in [0, 0.1) is 0 Å². The van der Waals surface area contributed by atoms with Gasteiger partial charge in [-0.25, -0.2) is 0 Å². The van der Waals surface area contributed by atoms with Crippen LogP contribution in [0.25, 0.3) is 82.8 Å². The molecule has 0 bridgehead atoms. The lowest BCUT2D eigenvalue weighted by molar-refractivity contribution is 0.669. The van der Waals surface area contributed by atoms with E-state index in [0.717, 1.165) is 66.8 Å². The van der Waals surface area contributed by atoms with E-state index in [1.54, 1.807) is 0 Å². The van der Waals surface area contributed by atoms with Crippen LogP contribution in [-0.4, -0.2) is 4.57 Å². The molecule has 2 aromatic heterocycles. The highest BCUT2D eigenvalue weighted by Gasteiger charge is 2.24. The maximum absolute atomic E-state index is 6.74. The minimum absolute atomic E-state index is 0.853. The van der Waals surface area contributed by atoms with Gasteiger partial charge in [-0.05, 0) is 76.3 Å². The number of hydrogen-bond donors (Lipinski definition) is 0. The van der Waals surface area contributed by atoms with Crippen LogP contribution >= 0.6 is 0 Å². The molecule has 0 saturated carbocycles. The SMILES string of the molecule is c1ccc(-c2ccc(-n3c4ccccc4c4ccc(N(c5ccccc5-c5ccccc5)c5cccc6c5oc5ccccc56)cc43)cc2-c2ccccc2)cc1. The Kier molecular flexibility index (Phi) is 7.82. The Morgan fingerprint density at radius 3 is 1.70 bits per heavy atom. The fourth-order valence-electron chi connectivity index (χ4n) is 8.62. The van der Waals surface area contributed by atoms with Gasteiger partial charge in [0.2, 0.25) is 0 Å². The van der Waals surface area contributed by atoms with Crippen molar-refractivity contribution in [2.75, 3.05) is 4.90 Å². The van der Waals surface area contributed by atoms with E-state index in [-0.39, 0.29) is 0 Å². The van der Waals surface area contributed by atoms with Crippen molar-refractivity contribution in [1.82, 2.24) is 4.57 Å². The molecule has 57 heavy (non-hydrogen) atoms. The van der Waals surface area contributed by atoms with Crippen LogP contribution in [0.1, 0.15) is 0 Å². The Morgan fingerprint density at radius 1 is 0.351 bits per heavy atom. The third-order valence-electron chi connectivity index (χ3n) is 11.2. The van der Waals surface area contributed by atoms with Gasteiger partial charge in [0.15, 0.2) is 5.58 Å². The summed E-state index contributed by atoms with van der Waals surface area (Å²) in [5.41, 5.74) is 15.3. The first kappa shape index (κ1) is 32.8. The van der Waals surface area contributed by atoms with Crippen molar-refractivity contribution in [2.24, 2.45) is 0 Å². The topological polar surface area (TPSA) is 21.3 Å². The summed E-state index contributed by atoms with van der Waals surface area (Å²) in [4.78, 5) is 2.38. The summed E-state index contributed by atoms with van der Waals surface area (Å²) in [6.07, 6.45) is 0. The molecule has 0 fully saturated rings. The van der Waals surface area contributed by atoms with E-state index in [9.17, 15) is 0 Å². The summed E-state index contributed by atoms with van der Waals surface area (Å²) in [5.74, 6) is 0. The maximum Gasteiger partial charge on any atom is 0.159 e. The summed E-state index contributed by atoms with van der Waals surface area (Å²) < 4.78 is 9.17. The molecule has 2 heterocycles. The molecule has 0 amide bonds. The molecule has 0 unspecified atom stereocenters. The van der Waals surface area contributed by atoms with Gasteiger partial charge in [-0.15, -0.1) is 0 Å². The Labute approximate surface area is 330 Å². The zero-order chi connectivity index (χ0) is 37.7. The highest BCUT2D eigenvalue weighted by Crippen LogP contribution is 2.47. The Hall–Kier alpha value is -7.62. The molecular formula is C54H36N2O. The van der Waals surface area contributed by atoms with E-state index in [1.807, 2.05) is 6.07 Å². The lowest BCUT2D eigenvalue weighted by Crippen LogP contribution is -2.11. The van der Waals surface area contributed by atoms with Crippen LogP contribution in [0.4, 0.5) is 17.1 Å². The summed E-state index contributed by atoms with van der Waals surface area (Å²) in [7, 11) is 0. The highest BCUT2D eigenvalue weighted by molar-refractivity contribution is 6.13. The lowest BCUT2D eigenvalue weighted by Gasteiger charge is -2.28. The van der Waals surface area contributed by atoms with Gasteiger partial charge >= 0.3 is 0 Å². The van der Waals surface area contributed by atoms with Crippen molar-refractivity contribution >= 4 is 60.8 Å². The van der Waals surface area contributed by atoms with Crippen molar-refractivity contribution in [3.05, 3.63) is 218 Å².